The van der Waals surface area contributed by atoms with Gasteiger partial charge in [0.1, 0.15) is 3.70 Å². The first kappa shape index (κ1) is 13.3. The lowest BCUT2D eigenvalue weighted by molar-refractivity contribution is -0.142. The van der Waals surface area contributed by atoms with Crippen molar-refractivity contribution in [2.75, 3.05) is 6.61 Å². The van der Waals surface area contributed by atoms with E-state index in [4.69, 9.17) is 4.74 Å². The molecule has 16 heavy (non-hydrogen) atoms. The molecule has 0 unspecified atom stereocenters. The number of carbonyl (C=O) groups excluding carboxylic acids is 1. The third-order valence-electron chi connectivity index (χ3n) is 1.90. The lowest BCUT2D eigenvalue weighted by Crippen LogP contribution is -2.11. The zero-order chi connectivity index (χ0) is 12.1. The van der Waals surface area contributed by atoms with Gasteiger partial charge in [0, 0.05) is 17.3 Å². The Morgan fingerprint density at radius 3 is 2.88 bits per heavy atom. The summed E-state index contributed by atoms with van der Waals surface area (Å²) in [6.07, 6.45) is -1.47. The molecular formula is C10H10F2INO2. The number of aromatic nitrogens is 1. The van der Waals surface area contributed by atoms with E-state index in [-0.39, 0.29) is 24.2 Å². The van der Waals surface area contributed by atoms with Gasteiger partial charge in [0.15, 0.2) is 0 Å². The van der Waals surface area contributed by atoms with Crippen LogP contribution in [0.4, 0.5) is 8.78 Å². The minimum absolute atomic E-state index is 0.160. The molecule has 0 radical (unpaired) electrons. The lowest BCUT2D eigenvalue weighted by Gasteiger charge is -2.09. The van der Waals surface area contributed by atoms with E-state index in [2.05, 4.69) is 4.98 Å². The Balaban J connectivity index is 2.97. The van der Waals surface area contributed by atoms with Crippen LogP contribution in [0.15, 0.2) is 12.3 Å². The summed E-state index contributed by atoms with van der Waals surface area (Å²) >= 11 is 1.83. The minimum atomic E-state index is -2.61. The largest absolute Gasteiger partial charge is 0.466 e. The zero-order valence-corrected chi connectivity index (χ0v) is 10.7. The van der Waals surface area contributed by atoms with E-state index in [0.29, 0.717) is 3.70 Å². The molecule has 6 heteroatoms. The summed E-state index contributed by atoms with van der Waals surface area (Å²) in [7, 11) is 0. The Morgan fingerprint density at radius 1 is 1.62 bits per heavy atom. The number of esters is 1. The van der Waals surface area contributed by atoms with Gasteiger partial charge in [0.2, 0.25) is 0 Å². The molecule has 0 aliphatic heterocycles. The van der Waals surface area contributed by atoms with Crippen LogP contribution in [0.5, 0.6) is 0 Å². The standard InChI is InChI=1S/C10H10F2INO2/c1-2-16-8(15)5-7-6(9(11)12)3-4-14-10(7)13/h3-4,9H,2,5H2,1H3. The van der Waals surface area contributed by atoms with E-state index in [0.717, 1.165) is 0 Å². The van der Waals surface area contributed by atoms with Crippen LogP contribution < -0.4 is 0 Å². The second-order valence-corrected chi connectivity index (χ2v) is 3.97. The van der Waals surface area contributed by atoms with Crippen LogP contribution in [0, 0.1) is 3.70 Å². The first-order valence-corrected chi connectivity index (χ1v) is 5.71. The Hall–Kier alpha value is -0.790. The molecule has 0 spiro atoms. The lowest BCUT2D eigenvalue weighted by atomic mass is 10.1. The second kappa shape index (κ2) is 6.07. The molecule has 1 aromatic rings. The Bertz CT molecular complexity index is 385. The van der Waals surface area contributed by atoms with Crippen molar-refractivity contribution in [3.05, 3.63) is 27.1 Å². The highest BCUT2D eigenvalue weighted by molar-refractivity contribution is 14.1. The van der Waals surface area contributed by atoms with E-state index in [1.165, 1.54) is 12.3 Å². The Morgan fingerprint density at radius 2 is 2.31 bits per heavy atom. The van der Waals surface area contributed by atoms with Gasteiger partial charge in [-0.1, -0.05) is 0 Å². The average Bonchev–Trinajstić information content (AvgIpc) is 2.21. The van der Waals surface area contributed by atoms with Gasteiger partial charge in [0.25, 0.3) is 6.43 Å². The molecule has 0 bridgehead atoms. The molecule has 1 heterocycles. The van der Waals surface area contributed by atoms with Crippen LogP contribution >= 0.6 is 22.6 Å². The van der Waals surface area contributed by atoms with Crippen LogP contribution in [-0.2, 0) is 16.0 Å². The topological polar surface area (TPSA) is 39.2 Å². The molecule has 0 amide bonds. The van der Waals surface area contributed by atoms with Crippen LogP contribution in [0.1, 0.15) is 24.5 Å². The number of ether oxygens (including phenoxy) is 1. The zero-order valence-electron chi connectivity index (χ0n) is 8.54. The van der Waals surface area contributed by atoms with Gasteiger partial charge in [-0.25, -0.2) is 8.78 Å². The van der Waals surface area contributed by atoms with Gasteiger partial charge in [-0.05, 0) is 35.6 Å². The van der Waals surface area contributed by atoms with Crippen LogP contribution in [0.25, 0.3) is 0 Å². The predicted octanol–water partition coefficient (Wildman–Crippen LogP) is 2.73. The summed E-state index contributed by atoms with van der Waals surface area (Å²) in [5.41, 5.74) is 0.0870. The Kier molecular flexibility index (Phi) is 5.04. The number of halogens is 3. The Labute approximate surface area is 105 Å². The summed E-state index contributed by atoms with van der Waals surface area (Å²) in [6, 6.07) is 1.22. The summed E-state index contributed by atoms with van der Waals surface area (Å²) < 4.78 is 30.4. The summed E-state index contributed by atoms with van der Waals surface area (Å²) in [5.74, 6) is -0.518. The molecule has 3 nitrogen and oxygen atoms in total. The minimum Gasteiger partial charge on any atom is -0.466 e. The summed E-state index contributed by atoms with van der Waals surface area (Å²) in [4.78, 5) is 15.1. The molecule has 1 aromatic heterocycles. The SMILES string of the molecule is CCOC(=O)Cc1c(C(F)F)ccnc1I. The van der Waals surface area contributed by atoms with Crippen molar-refractivity contribution in [3.8, 4) is 0 Å². The quantitative estimate of drug-likeness (QED) is 0.480. The van der Waals surface area contributed by atoms with Gasteiger partial charge in [-0.2, -0.15) is 0 Å². The van der Waals surface area contributed by atoms with Crippen LogP contribution in [-0.4, -0.2) is 17.6 Å². The molecule has 0 aliphatic carbocycles. The van der Waals surface area contributed by atoms with E-state index in [9.17, 15) is 13.6 Å². The number of rotatable bonds is 4. The van der Waals surface area contributed by atoms with Crippen molar-refractivity contribution in [1.29, 1.82) is 0 Å². The second-order valence-electron chi connectivity index (χ2n) is 2.95. The van der Waals surface area contributed by atoms with Gasteiger partial charge in [0.05, 0.1) is 13.0 Å². The molecule has 0 N–H and O–H groups in total. The molecule has 0 aliphatic rings. The predicted molar refractivity (Wildman–Crippen MR) is 62.2 cm³/mol. The first-order valence-electron chi connectivity index (χ1n) is 4.63. The maximum absolute atomic E-state index is 12.7. The molecule has 0 saturated carbocycles. The third kappa shape index (κ3) is 3.36. The van der Waals surface area contributed by atoms with Crippen molar-refractivity contribution in [2.45, 2.75) is 19.8 Å². The number of carbonyl (C=O) groups is 1. The third-order valence-corrected chi connectivity index (χ3v) is 2.83. The molecule has 0 fully saturated rings. The molecule has 1 rings (SSSR count). The molecule has 0 aromatic carbocycles. The maximum Gasteiger partial charge on any atom is 0.310 e. The van der Waals surface area contributed by atoms with Crippen LogP contribution in [0.2, 0.25) is 0 Å². The van der Waals surface area contributed by atoms with Gasteiger partial charge >= 0.3 is 5.97 Å². The normalized spacial score (nSPS) is 10.6. The van der Waals surface area contributed by atoms with Gasteiger partial charge in [-0.3, -0.25) is 9.78 Å². The van der Waals surface area contributed by atoms with Gasteiger partial charge < -0.3 is 4.74 Å². The molecule has 0 saturated heterocycles. The maximum atomic E-state index is 12.7. The number of nitrogens with zero attached hydrogens (tertiary/aromatic N) is 1. The fraction of sp³-hybridized carbons (Fsp3) is 0.400. The van der Waals surface area contributed by atoms with Crippen molar-refractivity contribution in [2.24, 2.45) is 0 Å². The van der Waals surface area contributed by atoms with Crippen molar-refractivity contribution in [1.82, 2.24) is 4.98 Å². The smallest absolute Gasteiger partial charge is 0.310 e. The van der Waals surface area contributed by atoms with E-state index in [1.54, 1.807) is 6.92 Å². The highest BCUT2D eigenvalue weighted by Crippen LogP contribution is 2.25. The number of hydrogen-bond donors (Lipinski definition) is 0. The monoisotopic (exact) mass is 341 g/mol. The first-order chi connectivity index (χ1) is 7.56. The number of pyridine rings is 1. The highest BCUT2D eigenvalue weighted by atomic mass is 127. The summed E-state index contributed by atoms with van der Waals surface area (Å²) in [5, 5.41) is 0. The summed E-state index contributed by atoms with van der Waals surface area (Å²) in [6.45, 7) is 1.90. The van der Waals surface area contributed by atoms with E-state index in [1.807, 2.05) is 22.6 Å². The van der Waals surface area contributed by atoms with Crippen molar-refractivity contribution >= 4 is 28.6 Å². The fourth-order valence-electron chi connectivity index (χ4n) is 1.22. The van der Waals surface area contributed by atoms with Crippen LogP contribution in [0.3, 0.4) is 0 Å². The van der Waals surface area contributed by atoms with Crippen molar-refractivity contribution in [3.63, 3.8) is 0 Å². The average molecular weight is 341 g/mol. The van der Waals surface area contributed by atoms with Gasteiger partial charge in [-0.15, -0.1) is 0 Å². The fourth-order valence-corrected chi connectivity index (χ4v) is 1.88. The van der Waals surface area contributed by atoms with E-state index >= 15 is 0 Å². The molecule has 88 valence electrons. The number of hydrogen-bond acceptors (Lipinski definition) is 3. The molecular weight excluding hydrogens is 331 g/mol. The molecule has 0 atom stereocenters. The van der Waals surface area contributed by atoms with E-state index < -0.39 is 12.4 Å². The number of alkyl halides is 2. The van der Waals surface area contributed by atoms with Crippen molar-refractivity contribution < 1.29 is 18.3 Å². The highest BCUT2D eigenvalue weighted by Gasteiger charge is 2.18.